The van der Waals surface area contributed by atoms with Gasteiger partial charge < -0.3 is 15.4 Å². The Balaban J connectivity index is 1.80. The lowest BCUT2D eigenvalue weighted by Crippen LogP contribution is -2.19. The molecule has 0 amide bonds. The van der Waals surface area contributed by atoms with Crippen molar-refractivity contribution in [2.24, 2.45) is 0 Å². The van der Waals surface area contributed by atoms with Crippen molar-refractivity contribution in [2.45, 2.75) is 13.3 Å². The van der Waals surface area contributed by atoms with Gasteiger partial charge in [-0.2, -0.15) is 0 Å². The van der Waals surface area contributed by atoms with Crippen LogP contribution in [0.25, 0.3) is 10.1 Å². The van der Waals surface area contributed by atoms with Crippen LogP contribution < -0.4 is 10.6 Å². The molecule has 7 heteroatoms. The molecule has 0 atom stereocenters. The summed E-state index contributed by atoms with van der Waals surface area (Å²) in [6, 6.07) is 13.7. The highest BCUT2D eigenvalue weighted by Crippen LogP contribution is 2.37. The maximum Gasteiger partial charge on any atom is 0.349 e. The highest BCUT2D eigenvalue weighted by Gasteiger charge is 2.17. The molecule has 0 bridgehead atoms. The molecule has 0 aliphatic heterocycles. The largest absolute Gasteiger partial charge is 0.465 e. The van der Waals surface area contributed by atoms with Crippen molar-refractivity contribution in [1.82, 2.24) is 0 Å². The summed E-state index contributed by atoms with van der Waals surface area (Å²) in [5.41, 5.74) is 3.00. The van der Waals surface area contributed by atoms with Crippen LogP contribution in [0.2, 0.25) is 5.02 Å². The molecular weight excluding hydrogens is 388 g/mol. The fourth-order valence-electron chi connectivity index (χ4n) is 2.60. The van der Waals surface area contributed by atoms with Gasteiger partial charge in [0, 0.05) is 21.5 Å². The Labute approximate surface area is 166 Å². The number of halogens is 1. The van der Waals surface area contributed by atoms with Gasteiger partial charge in [0.1, 0.15) is 4.88 Å². The predicted molar refractivity (Wildman–Crippen MR) is 114 cm³/mol. The Morgan fingerprint density at radius 2 is 2.00 bits per heavy atom. The Morgan fingerprint density at radius 1 is 1.23 bits per heavy atom. The fourth-order valence-corrected chi connectivity index (χ4v) is 4.30. The normalized spacial score (nSPS) is 10.6. The number of nitrogens with one attached hydrogen (secondary N) is 2. The molecule has 0 aliphatic rings. The second-order valence-electron chi connectivity index (χ2n) is 5.54. The van der Waals surface area contributed by atoms with Crippen LogP contribution in [0.1, 0.15) is 22.2 Å². The summed E-state index contributed by atoms with van der Waals surface area (Å²) in [6.07, 6.45) is 0.918. The minimum atomic E-state index is -0.431. The molecule has 2 aromatic carbocycles. The average Bonchev–Trinajstić information content (AvgIpc) is 2.97. The summed E-state index contributed by atoms with van der Waals surface area (Å²) in [5, 5.41) is 8.14. The zero-order valence-electron chi connectivity index (χ0n) is 14.3. The number of carbonyl (C=O) groups is 1. The molecule has 0 unspecified atom stereocenters. The Kier molecular flexibility index (Phi) is 5.76. The summed E-state index contributed by atoms with van der Waals surface area (Å²) < 4.78 is 5.66. The van der Waals surface area contributed by atoms with E-state index in [-0.39, 0.29) is 0 Å². The number of thiocarbonyl (C=S) groups is 1. The minimum absolute atomic E-state index is 0.402. The van der Waals surface area contributed by atoms with Crippen LogP contribution in [-0.2, 0) is 11.2 Å². The van der Waals surface area contributed by atoms with Crippen LogP contribution in [0, 0.1) is 0 Å². The zero-order chi connectivity index (χ0) is 18.7. The van der Waals surface area contributed by atoms with E-state index in [0.717, 1.165) is 27.9 Å². The van der Waals surface area contributed by atoms with Gasteiger partial charge in [0.25, 0.3) is 0 Å². The van der Waals surface area contributed by atoms with E-state index in [1.54, 1.807) is 0 Å². The first-order chi connectivity index (χ1) is 12.5. The molecule has 134 valence electrons. The van der Waals surface area contributed by atoms with E-state index in [2.05, 4.69) is 23.6 Å². The van der Waals surface area contributed by atoms with Crippen molar-refractivity contribution in [1.29, 1.82) is 0 Å². The van der Waals surface area contributed by atoms with Gasteiger partial charge >= 0.3 is 5.97 Å². The molecule has 3 aromatic rings. The van der Waals surface area contributed by atoms with E-state index in [1.807, 2.05) is 36.4 Å². The first-order valence-corrected chi connectivity index (χ1v) is 9.60. The number of aryl methyl sites for hydroxylation is 1. The Bertz CT molecular complexity index is 985. The number of benzene rings is 2. The third-order valence-corrected chi connectivity index (χ3v) is 5.75. The van der Waals surface area contributed by atoms with E-state index in [1.165, 1.54) is 24.0 Å². The van der Waals surface area contributed by atoms with Crippen LogP contribution in [0.4, 0.5) is 11.4 Å². The molecule has 0 saturated carbocycles. The van der Waals surface area contributed by atoms with Crippen LogP contribution in [0.3, 0.4) is 0 Å². The molecule has 0 spiro atoms. The van der Waals surface area contributed by atoms with Gasteiger partial charge in [-0.1, -0.05) is 36.7 Å². The van der Waals surface area contributed by atoms with Crippen molar-refractivity contribution >= 4 is 67.7 Å². The standard InChI is InChI=1S/C19H17ClN2O2S2/c1-3-11-6-4-5-7-14(11)22-19(25)21-12-8-9-13-15(10-12)26-17(16(13)20)18(23)24-2/h4-10H,3H2,1-2H3,(H2,21,22,25). The molecule has 0 saturated heterocycles. The topological polar surface area (TPSA) is 50.4 Å². The fraction of sp³-hybridized carbons (Fsp3) is 0.158. The molecule has 0 aliphatic carbocycles. The Morgan fingerprint density at radius 3 is 2.73 bits per heavy atom. The molecule has 1 aromatic heterocycles. The number of fused-ring (bicyclic) bond motifs is 1. The van der Waals surface area contributed by atoms with Gasteiger partial charge in [-0.15, -0.1) is 11.3 Å². The lowest BCUT2D eigenvalue weighted by Gasteiger charge is -2.13. The summed E-state index contributed by atoms with van der Waals surface area (Å²) in [6.45, 7) is 2.10. The van der Waals surface area contributed by atoms with E-state index in [4.69, 9.17) is 28.6 Å². The second kappa shape index (κ2) is 8.03. The number of methoxy groups -OCH3 is 1. The van der Waals surface area contributed by atoms with Gasteiger partial charge in [0.05, 0.1) is 12.1 Å². The van der Waals surface area contributed by atoms with Gasteiger partial charge in [0.2, 0.25) is 0 Å². The lowest BCUT2D eigenvalue weighted by atomic mass is 10.1. The highest BCUT2D eigenvalue weighted by atomic mass is 35.5. The summed E-state index contributed by atoms with van der Waals surface area (Å²) in [5.74, 6) is -0.431. The smallest absolute Gasteiger partial charge is 0.349 e. The quantitative estimate of drug-likeness (QED) is 0.430. The highest BCUT2D eigenvalue weighted by molar-refractivity contribution is 7.80. The second-order valence-corrected chi connectivity index (χ2v) is 7.38. The number of para-hydroxylation sites is 1. The number of hydrogen-bond acceptors (Lipinski definition) is 4. The summed E-state index contributed by atoms with van der Waals surface area (Å²) in [4.78, 5) is 12.2. The molecule has 0 radical (unpaired) electrons. The van der Waals surface area contributed by atoms with E-state index in [0.29, 0.717) is 15.0 Å². The average molecular weight is 405 g/mol. The molecule has 26 heavy (non-hydrogen) atoms. The number of carbonyl (C=O) groups excluding carboxylic acids is 1. The number of hydrogen-bond donors (Lipinski definition) is 2. The number of ether oxygens (including phenoxy) is 1. The zero-order valence-corrected chi connectivity index (χ0v) is 16.6. The van der Waals surface area contributed by atoms with Crippen molar-refractivity contribution in [2.75, 3.05) is 17.7 Å². The molecule has 2 N–H and O–H groups in total. The Hall–Kier alpha value is -2.15. The number of rotatable bonds is 4. The van der Waals surface area contributed by atoms with Gasteiger partial charge in [-0.3, -0.25) is 0 Å². The van der Waals surface area contributed by atoms with Crippen LogP contribution in [0.15, 0.2) is 42.5 Å². The van der Waals surface area contributed by atoms with Crippen molar-refractivity contribution in [3.05, 3.63) is 57.9 Å². The summed E-state index contributed by atoms with van der Waals surface area (Å²) >= 11 is 13.0. The van der Waals surface area contributed by atoms with Crippen LogP contribution >= 0.6 is 35.2 Å². The monoisotopic (exact) mass is 404 g/mol. The third kappa shape index (κ3) is 3.82. The first-order valence-electron chi connectivity index (χ1n) is 7.99. The van der Waals surface area contributed by atoms with Gasteiger partial charge in [-0.25, -0.2) is 4.79 Å². The van der Waals surface area contributed by atoms with E-state index >= 15 is 0 Å². The molecule has 4 nitrogen and oxygen atoms in total. The van der Waals surface area contributed by atoms with Crippen molar-refractivity contribution in [3.8, 4) is 0 Å². The molecule has 1 heterocycles. The SMILES string of the molecule is CCc1ccccc1NC(=S)Nc1ccc2c(Cl)c(C(=O)OC)sc2c1. The summed E-state index contributed by atoms with van der Waals surface area (Å²) in [7, 11) is 1.34. The van der Waals surface area contributed by atoms with Crippen molar-refractivity contribution < 1.29 is 9.53 Å². The van der Waals surface area contributed by atoms with Crippen molar-refractivity contribution in [3.63, 3.8) is 0 Å². The molecule has 3 rings (SSSR count). The number of anilines is 2. The third-order valence-electron chi connectivity index (χ3n) is 3.90. The lowest BCUT2D eigenvalue weighted by molar-refractivity contribution is 0.0606. The van der Waals surface area contributed by atoms with Crippen LogP contribution in [0.5, 0.6) is 0 Å². The van der Waals surface area contributed by atoms with Crippen LogP contribution in [-0.4, -0.2) is 18.2 Å². The van der Waals surface area contributed by atoms with E-state index in [9.17, 15) is 4.79 Å². The van der Waals surface area contributed by atoms with Gasteiger partial charge in [0.15, 0.2) is 5.11 Å². The minimum Gasteiger partial charge on any atom is -0.465 e. The van der Waals surface area contributed by atoms with Gasteiger partial charge in [-0.05, 0) is 48.5 Å². The predicted octanol–water partition coefficient (Wildman–Crippen LogP) is 5.71. The number of thiophene rings is 1. The first kappa shape index (κ1) is 18.6. The molecular formula is C19H17ClN2O2S2. The maximum absolute atomic E-state index is 11.8. The molecule has 0 fully saturated rings. The van der Waals surface area contributed by atoms with E-state index < -0.39 is 5.97 Å². The maximum atomic E-state index is 11.8. The number of esters is 1.